The van der Waals surface area contributed by atoms with Crippen molar-refractivity contribution in [1.82, 2.24) is 35.9 Å². The number of hydrogen-bond acceptors (Lipinski definition) is 19. The summed E-state index contributed by atoms with van der Waals surface area (Å²) in [7, 11) is 5.96. The number of anilines is 3. The number of nitrogens with zero attached hydrogens (tertiary/aromatic N) is 7. The molecule has 1 unspecified atom stereocenters. The lowest BCUT2D eigenvalue weighted by Crippen LogP contribution is -2.25. The second-order valence-corrected chi connectivity index (χ2v) is 20.6. The summed E-state index contributed by atoms with van der Waals surface area (Å²) in [6.07, 6.45) is 13.5. The van der Waals surface area contributed by atoms with Crippen molar-refractivity contribution >= 4 is 98.5 Å². The number of nitrogens with one attached hydrogen (secondary N) is 3. The number of aromatic nitrogens is 4. The third-order valence-electron chi connectivity index (χ3n) is 11.4. The quantitative estimate of drug-likeness (QED) is 0.0426. The molecule has 3 fully saturated rings. The van der Waals surface area contributed by atoms with E-state index in [1.54, 1.807) is 43.0 Å². The van der Waals surface area contributed by atoms with Gasteiger partial charge in [-0.3, -0.25) is 44.7 Å². The van der Waals surface area contributed by atoms with Gasteiger partial charge in [0.1, 0.15) is 28.9 Å². The molecule has 3 saturated heterocycles. The van der Waals surface area contributed by atoms with Crippen LogP contribution < -0.4 is 44.9 Å². The summed E-state index contributed by atoms with van der Waals surface area (Å²) >= 11 is 2.87. The number of amides is 6. The Morgan fingerprint density at radius 1 is 0.487 bits per heavy atom. The highest BCUT2D eigenvalue weighted by atomic mass is 32.2. The monoisotopic (exact) mass is 1110 g/mol. The zero-order chi connectivity index (χ0) is 55.1. The molecular weight excluding hydrogens is 1050 g/mol. The molecule has 6 amide bonds. The van der Waals surface area contributed by atoms with Crippen LogP contribution in [-0.4, -0.2) is 119 Å². The summed E-state index contributed by atoms with van der Waals surface area (Å²) in [6, 6.07) is 36.0. The van der Waals surface area contributed by atoms with E-state index in [1.165, 1.54) is 0 Å². The number of benzene rings is 3. The van der Waals surface area contributed by atoms with Gasteiger partial charge in [-0.1, -0.05) is 60.3 Å². The maximum Gasteiger partial charge on any atom is 0.290 e. The van der Waals surface area contributed by atoms with Crippen molar-refractivity contribution in [3.05, 3.63) is 167 Å². The molecule has 6 aromatic rings. The Balaban J connectivity index is 0.000000170. The van der Waals surface area contributed by atoms with Crippen LogP contribution in [0.5, 0.6) is 17.2 Å². The van der Waals surface area contributed by atoms with Gasteiger partial charge in [0.2, 0.25) is 11.9 Å². The Labute approximate surface area is 465 Å². The van der Waals surface area contributed by atoms with Crippen LogP contribution in [0.15, 0.2) is 150 Å². The van der Waals surface area contributed by atoms with Gasteiger partial charge in [0.15, 0.2) is 0 Å². The molecule has 0 aliphatic carbocycles. The van der Waals surface area contributed by atoms with Crippen molar-refractivity contribution in [2.24, 2.45) is 0 Å². The van der Waals surface area contributed by atoms with Crippen LogP contribution in [-0.2, 0) is 20.8 Å². The molecule has 1 atom stereocenters. The Kier molecular flexibility index (Phi) is 22.1. The van der Waals surface area contributed by atoms with Gasteiger partial charge >= 0.3 is 0 Å². The Bertz CT molecular complexity index is 2880. The molecule has 3 aromatic heterocycles. The summed E-state index contributed by atoms with van der Waals surface area (Å²) < 4.78 is 17.2. The number of thioether (sulfide) groups is 3. The van der Waals surface area contributed by atoms with Crippen molar-refractivity contribution in [2.75, 3.05) is 75.3 Å². The van der Waals surface area contributed by atoms with E-state index in [0.717, 1.165) is 120 Å². The molecule has 3 aliphatic heterocycles. The first kappa shape index (κ1) is 57.5. The zero-order valence-corrected chi connectivity index (χ0v) is 45.6. The van der Waals surface area contributed by atoms with E-state index in [2.05, 4.69) is 45.7 Å². The molecule has 404 valence electrons. The number of imide groups is 3. The first-order valence-corrected chi connectivity index (χ1v) is 27.3. The van der Waals surface area contributed by atoms with Crippen molar-refractivity contribution in [2.45, 2.75) is 30.9 Å². The molecule has 0 saturated carbocycles. The normalized spacial score (nSPS) is 15.6. The van der Waals surface area contributed by atoms with E-state index < -0.39 is 0 Å². The number of ether oxygens (including phenoxy) is 3. The minimum absolute atomic E-state index is 0.211. The molecule has 0 bridgehead atoms. The van der Waals surface area contributed by atoms with Crippen LogP contribution in [0.25, 0.3) is 12.2 Å². The molecule has 3 aromatic carbocycles. The number of pyridine rings is 2. The molecule has 6 heterocycles. The fourth-order valence-corrected chi connectivity index (χ4v) is 9.60. The summed E-state index contributed by atoms with van der Waals surface area (Å²) in [5.74, 6) is 3.99. The van der Waals surface area contributed by atoms with Crippen LogP contribution in [0.1, 0.15) is 36.0 Å². The highest BCUT2D eigenvalue weighted by Gasteiger charge is 2.31. The predicted molar refractivity (Wildman–Crippen MR) is 307 cm³/mol. The first-order valence-electron chi connectivity index (χ1n) is 24.8. The topological polar surface area (TPSA) is 227 Å². The molecule has 78 heavy (non-hydrogen) atoms. The lowest BCUT2D eigenvalue weighted by Gasteiger charge is -2.17. The van der Waals surface area contributed by atoms with E-state index in [9.17, 15) is 28.8 Å². The number of rotatable bonds is 22. The average Bonchev–Trinajstić information content (AvgIpc) is 4.09. The summed E-state index contributed by atoms with van der Waals surface area (Å²) in [5.41, 5.74) is 2.69. The zero-order valence-electron chi connectivity index (χ0n) is 43.1. The molecule has 9 rings (SSSR count). The molecule has 3 aliphatic rings. The van der Waals surface area contributed by atoms with Crippen molar-refractivity contribution in [3.8, 4) is 17.2 Å². The largest absolute Gasteiger partial charge is 0.494 e. The van der Waals surface area contributed by atoms with Crippen LogP contribution in [0, 0.1) is 0 Å². The van der Waals surface area contributed by atoms with Gasteiger partial charge < -0.3 is 28.9 Å². The van der Waals surface area contributed by atoms with E-state index in [4.69, 9.17) is 14.2 Å². The Morgan fingerprint density at radius 2 is 0.910 bits per heavy atom. The fraction of sp³-hybridized carbons (Fsp3) is 0.250. The number of carbonyl (C=O) groups excluding carboxylic acids is 6. The maximum absolute atomic E-state index is 11.6. The molecule has 0 radical (unpaired) electrons. The van der Waals surface area contributed by atoms with Gasteiger partial charge in [0.25, 0.3) is 27.5 Å². The molecular formula is C56H58N10O9S3. The van der Waals surface area contributed by atoms with Gasteiger partial charge in [-0.05, 0) is 145 Å². The summed E-state index contributed by atoms with van der Waals surface area (Å²) in [6.45, 7) is 4.29. The molecule has 19 nitrogen and oxygen atoms in total. The van der Waals surface area contributed by atoms with Gasteiger partial charge in [-0.25, -0.2) is 19.9 Å². The van der Waals surface area contributed by atoms with E-state index >= 15 is 0 Å². The van der Waals surface area contributed by atoms with Crippen molar-refractivity contribution in [3.63, 3.8) is 0 Å². The smallest absolute Gasteiger partial charge is 0.290 e. The van der Waals surface area contributed by atoms with E-state index in [0.29, 0.717) is 42.0 Å². The second-order valence-electron chi connectivity index (χ2n) is 17.4. The third kappa shape index (κ3) is 18.8. The minimum Gasteiger partial charge on any atom is -0.494 e. The molecule has 3 N–H and O–H groups in total. The molecule has 0 spiro atoms. The predicted octanol–water partition coefficient (Wildman–Crippen LogP) is 8.90. The second kappa shape index (κ2) is 29.9. The Morgan fingerprint density at radius 3 is 1.29 bits per heavy atom. The first-order chi connectivity index (χ1) is 37.8. The lowest BCUT2D eigenvalue weighted by molar-refractivity contribution is -0.119. The third-order valence-corrected chi connectivity index (χ3v) is 14.0. The summed E-state index contributed by atoms with van der Waals surface area (Å²) in [5, 5.41) is 5.49. The van der Waals surface area contributed by atoms with Crippen LogP contribution in [0.3, 0.4) is 0 Å². The highest BCUT2D eigenvalue weighted by molar-refractivity contribution is 8.18. The van der Waals surface area contributed by atoms with Gasteiger partial charge in [-0.2, -0.15) is 0 Å². The van der Waals surface area contributed by atoms with Gasteiger partial charge in [0.05, 0.1) is 34.9 Å². The van der Waals surface area contributed by atoms with Crippen LogP contribution >= 0.6 is 35.3 Å². The van der Waals surface area contributed by atoms with Crippen molar-refractivity contribution in [1.29, 1.82) is 0 Å². The van der Waals surface area contributed by atoms with Gasteiger partial charge in [-0.15, -0.1) is 0 Å². The number of hydrogen-bond donors (Lipinski definition) is 3. The van der Waals surface area contributed by atoms with Gasteiger partial charge in [0, 0.05) is 65.6 Å². The summed E-state index contributed by atoms with van der Waals surface area (Å²) in [4.78, 5) is 92.1. The van der Waals surface area contributed by atoms with Crippen molar-refractivity contribution < 1.29 is 43.0 Å². The maximum atomic E-state index is 11.6. The van der Waals surface area contributed by atoms with Crippen LogP contribution in [0.2, 0.25) is 0 Å². The SMILES string of the molecule is CN(CCCOc1ccc(/C=C2/SC(=O)NC2=O)cc1)c1ccccn1.CN(CCCOc1ccc(/C=C2/SC(=O)NC2=O)cc1)c1ncccn1.CN(CCCOc1ccc(CC2SC(=O)NC2=O)cc1)c1ccccn1. The fourth-order valence-electron chi connectivity index (χ4n) is 7.38. The minimum atomic E-state index is -0.355. The lowest BCUT2D eigenvalue weighted by atomic mass is 10.1. The van der Waals surface area contributed by atoms with E-state index in [1.807, 2.05) is 135 Å². The Hall–Kier alpha value is -8.21. The molecule has 22 heteroatoms. The number of carbonyl (C=O) groups is 6. The highest BCUT2D eigenvalue weighted by Crippen LogP contribution is 2.28. The standard InChI is InChI=1S/C19H21N3O3S.C19H19N3O3S.C18H18N4O3S/c2*1-22(17-5-2-3-10-20-17)11-4-12-25-15-8-6-14(7-9-15)13-16-18(23)21-19(24)26-16;1-22(17-19-8-2-9-20-17)10-3-11-25-14-6-4-13(5-7-14)12-15-16(23)21-18(24)26-15/h2-3,5-10,16H,4,11-13H2,1H3,(H,21,23,24);2-3,5-10,13H,4,11-12H2,1H3,(H,21,23,24);2,4-9,12H,3,10-11H2,1H3,(H,21,23,24)/b;16-13+;15-12+. The van der Waals surface area contributed by atoms with Crippen LogP contribution in [0.4, 0.5) is 32.0 Å². The van der Waals surface area contributed by atoms with E-state index in [-0.39, 0.29) is 38.7 Å². The average molecular weight is 1110 g/mol.